The molecule has 12 heterocycles. The summed E-state index contributed by atoms with van der Waals surface area (Å²) >= 11 is 0. The minimum Gasteiger partial charge on any atom is -0.393 e. The lowest BCUT2D eigenvalue weighted by atomic mass is 9.83. The van der Waals surface area contributed by atoms with Gasteiger partial charge in [0, 0.05) is 67.6 Å². The van der Waals surface area contributed by atoms with Crippen LogP contribution in [-0.2, 0) is 24.2 Å². The number of amides is 2. The molecule has 5 aliphatic rings. The first-order chi connectivity index (χ1) is 31.9. The number of anilines is 6. The van der Waals surface area contributed by atoms with Crippen molar-refractivity contribution in [3.05, 3.63) is 114 Å². The van der Waals surface area contributed by atoms with Crippen LogP contribution in [0.4, 0.5) is 34.4 Å². The average molecular weight is 871 g/mol. The van der Waals surface area contributed by atoms with Crippen molar-refractivity contribution >= 4 is 51.7 Å². The van der Waals surface area contributed by atoms with Gasteiger partial charge in [-0.25, -0.2) is 14.5 Å². The predicted octanol–water partition coefficient (Wildman–Crippen LogP) is 5.02. The van der Waals surface area contributed by atoms with Crippen molar-refractivity contribution < 1.29 is 19.4 Å². The van der Waals surface area contributed by atoms with Gasteiger partial charge in [-0.05, 0) is 68.1 Å². The van der Waals surface area contributed by atoms with Gasteiger partial charge in [-0.3, -0.25) is 24.2 Å². The standard InChI is InChI=1S/C47H46N14O4/c62-39-12-14-59(29-8-10-41(49-20-29)57-35-25-51-45(32-22-53-47(64)43(32)35)38-6-1-3-27-11-13-54-60(27)38)26-33(39)37-5-2-4-36-30(23-55-61(36)37)44-31-21-52-46(63)42(31)34(24-50-44)56-40-9-7-28(19-48-40)58-15-17-65-18-16-58/h1,3,6-11,13,19-20,23-25,33,37,39,62H,2,4-5,12,14-18,21-22,26H2,(H,48,56)(H,49,57)(H,52,63)(H,53,64). The summed E-state index contributed by atoms with van der Waals surface area (Å²) in [6.45, 7) is 5.10. The fourth-order valence-electron chi connectivity index (χ4n) is 10.3. The number of nitrogens with zero attached hydrogens (tertiary/aromatic N) is 10. The molecule has 3 unspecified atom stereocenters. The molecule has 2 amide bonds. The number of hydrogen-bond acceptors (Lipinski definition) is 14. The van der Waals surface area contributed by atoms with Crippen LogP contribution in [0.2, 0.25) is 0 Å². The van der Waals surface area contributed by atoms with Gasteiger partial charge < -0.3 is 40.9 Å². The first-order valence-corrected chi connectivity index (χ1v) is 22.3. The molecule has 5 aliphatic heterocycles. The largest absolute Gasteiger partial charge is 0.393 e. The maximum atomic E-state index is 13.3. The summed E-state index contributed by atoms with van der Waals surface area (Å²) < 4.78 is 9.43. The minimum absolute atomic E-state index is 0.0246. The molecule has 0 aromatic carbocycles. The number of morpholine rings is 1. The number of fused-ring (bicyclic) bond motifs is 4. The van der Waals surface area contributed by atoms with E-state index in [1.807, 2.05) is 71.6 Å². The SMILES string of the molecule is O=C1NCc2c(-c3cnn4c3CCCC4C3CN(c4ccc(Nc5cnc(-c6cccc7ccnn67)c6c5C(=O)NC6)nc4)CCC3O)ncc(Nc3ccc(N4CCOCC4)cn3)c21. The molecule has 2 saturated heterocycles. The van der Waals surface area contributed by atoms with Gasteiger partial charge in [0.05, 0.1) is 119 Å². The second-order valence-electron chi connectivity index (χ2n) is 17.2. The maximum absolute atomic E-state index is 13.3. The number of hydrogen-bond donors (Lipinski definition) is 5. The number of rotatable bonds is 9. The van der Waals surface area contributed by atoms with E-state index in [0.29, 0.717) is 85.6 Å². The summed E-state index contributed by atoms with van der Waals surface area (Å²) in [6.07, 6.45) is 13.5. The number of carbonyl (C=O) groups is 2. The Morgan fingerprint density at radius 1 is 0.708 bits per heavy atom. The van der Waals surface area contributed by atoms with Gasteiger partial charge in [0.2, 0.25) is 0 Å². The molecule has 0 aliphatic carbocycles. The minimum atomic E-state index is -0.501. The second kappa shape index (κ2) is 16.0. The Hall–Kier alpha value is -7.44. The molecule has 65 heavy (non-hydrogen) atoms. The molecule has 0 saturated carbocycles. The van der Waals surface area contributed by atoms with Crippen LogP contribution in [0.3, 0.4) is 0 Å². The van der Waals surface area contributed by atoms with Crippen LogP contribution < -0.4 is 31.1 Å². The molecule has 328 valence electrons. The zero-order chi connectivity index (χ0) is 43.6. The Morgan fingerprint density at radius 3 is 2.11 bits per heavy atom. The molecule has 7 aromatic heterocycles. The third-order valence-electron chi connectivity index (χ3n) is 13.6. The fraction of sp³-hybridized carbons (Fsp3) is 0.319. The van der Waals surface area contributed by atoms with E-state index in [1.54, 1.807) is 18.6 Å². The van der Waals surface area contributed by atoms with Gasteiger partial charge in [-0.15, -0.1) is 0 Å². The molecule has 5 N–H and O–H groups in total. The molecule has 0 bridgehead atoms. The summed E-state index contributed by atoms with van der Waals surface area (Å²) in [5, 5.41) is 33.7. The molecule has 0 spiro atoms. The summed E-state index contributed by atoms with van der Waals surface area (Å²) in [7, 11) is 0. The van der Waals surface area contributed by atoms with Gasteiger partial charge in [-0.2, -0.15) is 10.2 Å². The summed E-state index contributed by atoms with van der Waals surface area (Å²) in [5.74, 6) is 0.819. The first kappa shape index (κ1) is 39.2. The van der Waals surface area contributed by atoms with Crippen LogP contribution in [-0.4, -0.2) is 102 Å². The number of aliphatic hydroxyl groups excluding tert-OH is 1. The van der Waals surface area contributed by atoms with Gasteiger partial charge in [0.15, 0.2) is 0 Å². The lowest BCUT2D eigenvalue weighted by Crippen LogP contribution is -2.47. The zero-order valence-corrected chi connectivity index (χ0v) is 35.4. The summed E-state index contributed by atoms with van der Waals surface area (Å²) in [4.78, 5) is 50.2. The molecular weight excluding hydrogens is 825 g/mol. The van der Waals surface area contributed by atoms with Gasteiger partial charge in [0.1, 0.15) is 11.6 Å². The smallest absolute Gasteiger partial charge is 0.254 e. The average Bonchev–Trinajstić information content (AvgIpc) is 4.17. The normalized spacial score (nSPS) is 20.3. The molecule has 12 rings (SSSR count). The Labute approximate surface area is 373 Å². The Kier molecular flexibility index (Phi) is 9.62. The summed E-state index contributed by atoms with van der Waals surface area (Å²) in [6, 6.07) is 15.7. The van der Waals surface area contributed by atoms with Crippen LogP contribution in [0.5, 0.6) is 0 Å². The number of aliphatic hydroxyl groups is 1. The van der Waals surface area contributed by atoms with Crippen molar-refractivity contribution in [1.82, 2.24) is 50.0 Å². The van der Waals surface area contributed by atoms with Crippen LogP contribution in [0.25, 0.3) is 28.2 Å². The van der Waals surface area contributed by atoms with Crippen molar-refractivity contribution in [3.8, 4) is 22.6 Å². The molecule has 0 radical (unpaired) electrons. The zero-order valence-electron chi connectivity index (χ0n) is 35.4. The number of piperidine rings is 1. The third kappa shape index (κ3) is 6.87. The first-order valence-electron chi connectivity index (χ1n) is 22.3. The van der Waals surface area contributed by atoms with Gasteiger partial charge in [0.25, 0.3) is 11.8 Å². The van der Waals surface area contributed by atoms with Crippen LogP contribution in [0, 0.1) is 5.92 Å². The third-order valence-corrected chi connectivity index (χ3v) is 13.6. The Bertz CT molecular complexity index is 2980. The highest BCUT2D eigenvalue weighted by Crippen LogP contribution is 2.42. The van der Waals surface area contributed by atoms with E-state index < -0.39 is 6.10 Å². The van der Waals surface area contributed by atoms with E-state index in [2.05, 4.69) is 45.8 Å². The summed E-state index contributed by atoms with van der Waals surface area (Å²) in [5.41, 5.74) is 11.1. The Balaban J connectivity index is 0.761. The van der Waals surface area contributed by atoms with Crippen molar-refractivity contribution in [2.24, 2.45) is 5.92 Å². The second-order valence-corrected chi connectivity index (χ2v) is 17.2. The number of nitrogens with one attached hydrogen (secondary N) is 4. The van der Waals surface area contributed by atoms with Gasteiger partial charge in [-0.1, -0.05) is 6.07 Å². The molecule has 2 fully saturated rings. The molecule has 18 heteroatoms. The van der Waals surface area contributed by atoms with Crippen molar-refractivity contribution in [1.29, 1.82) is 0 Å². The van der Waals surface area contributed by atoms with Crippen molar-refractivity contribution in [2.45, 2.75) is 50.9 Å². The lowest BCUT2D eigenvalue weighted by molar-refractivity contribution is 0.0475. The highest BCUT2D eigenvalue weighted by Gasteiger charge is 2.39. The van der Waals surface area contributed by atoms with E-state index in [4.69, 9.17) is 24.8 Å². The lowest BCUT2D eigenvalue weighted by Gasteiger charge is -2.42. The van der Waals surface area contributed by atoms with Gasteiger partial charge >= 0.3 is 0 Å². The van der Waals surface area contributed by atoms with E-state index in [1.165, 1.54) is 0 Å². The number of aromatic nitrogens is 8. The molecule has 7 aromatic rings. The van der Waals surface area contributed by atoms with Crippen LogP contribution >= 0.6 is 0 Å². The van der Waals surface area contributed by atoms with Crippen molar-refractivity contribution in [3.63, 3.8) is 0 Å². The molecule has 18 nitrogen and oxygen atoms in total. The topological polar surface area (TPSA) is 205 Å². The maximum Gasteiger partial charge on any atom is 0.254 e. The highest BCUT2D eigenvalue weighted by atomic mass is 16.5. The van der Waals surface area contributed by atoms with Crippen LogP contribution in [0.1, 0.15) is 62.8 Å². The molecular formula is C47H46N14O4. The predicted molar refractivity (Wildman–Crippen MR) is 243 cm³/mol. The van der Waals surface area contributed by atoms with E-state index in [0.717, 1.165) is 83.0 Å². The fourth-order valence-corrected chi connectivity index (χ4v) is 10.3. The Morgan fingerprint density at radius 2 is 1.40 bits per heavy atom. The number of pyridine rings is 5. The van der Waals surface area contributed by atoms with Crippen molar-refractivity contribution in [2.75, 3.05) is 59.8 Å². The number of ether oxygens (including phenoxy) is 1. The van der Waals surface area contributed by atoms with E-state index in [-0.39, 0.29) is 23.8 Å². The quantitative estimate of drug-likeness (QED) is 0.129. The highest BCUT2D eigenvalue weighted by molar-refractivity contribution is 6.06. The van der Waals surface area contributed by atoms with E-state index >= 15 is 0 Å². The van der Waals surface area contributed by atoms with Crippen LogP contribution in [0.15, 0.2) is 85.7 Å². The number of carbonyl (C=O) groups excluding carboxylic acids is 2. The molecule has 3 atom stereocenters. The monoisotopic (exact) mass is 870 g/mol. The van der Waals surface area contributed by atoms with E-state index in [9.17, 15) is 14.7 Å².